The Hall–Kier alpha value is -2.55. The molecule has 0 aliphatic carbocycles. The van der Waals surface area contributed by atoms with E-state index in [0.717, 1.165) is 72.8 Å². The smallest absolute Gasteiger partial charge is 0.178 e. The van der Waals surface area contributed by atoms with E-state index in [-0.39, 0.29) is 11.5 Å². The highest BCUT2D eigenvalue weighted by Crippen LogP contribution is 2.38. The number of nitrogens with one attached hydrogen (secondary N) is 1. The number of aliphatic hydroxyl groups excluding tert-OH is 1. The number of imidazole rings is 1. The lowest BCUT2D eigenvalue weighted by atomic mass is 9.81. The number of aryl methyl sites for hydroxylation is 1. The lowest BCUT2D eigenvalue weighted by Crippen LogP contribution is -2.49. The van der Waals surface area contributed by atoms with Crippen molar-refractivity contribution in [2.75, 3.05) is 19.7 Å². The summed E-state index contributed by atoms with van der Waals surface area (Å²) >= 11 is 0. The molecule has 2 aliphatic heterocycles. The number of ether oxygens (including phenoxy) is 1. The molecular formula is C23H31N5O3. The minimum absolute atomic E-state index is 0.153. The minimum Gasteiger partial charge on any atom is -0.374 e. The summed E-state index contributed by atoms with van der Waals surface area (Å²) in [4.78, 5) is 18.8. The average Bonchev–Trinajstić information content (AvgIpc) is 3.19. The van der Waals surface area contributed by atoms with Crippen LogP contribution in [-0.2, 0) is 4.74 Å². The highest BCUT2D eigenvalue weighted by atomic mass is 16.5. The Morgan fingerprint density at radius 2 is 2.06 bits per heavy atom. The van der Waals surface area contributed by atoms with Crippen molar-refractivity contribution >= 4 is 23.5 Å². The van der Waals surface area contributed by atoms with Crippen LogP contribution in [-0.4, -0.2) is 68.4 Å². The van der Waals surface area contributed by atoms with Gasteiger partial charge >= 0.3 is 0 Å². The summed E-state index contributed by atoms with van der Waals surface area (Å²) in [5, 5.41) is 18.8. The van der Waals surface area contributed by atoms with E-state index in [4.69, 9.17) is 4.74 Å². The first-order valence-electron chi connectivity index (χ1n) is 10.8. The number of aliphatic imine (C=N–C) groups is 1. The molecule has 4 heterocycles. The van der Waals surface area contributed by atoms with E-state index in [1.54, 1.807) is 0 Å². The predicted octanol–water partition coefficient (Wildman–Crippen LogP) is 2.78. The fourth-order valence-corrected chi connectivity index (χ4v) is 4.37. The quantitative estimate of drug-likeness (QED) is 0.386. The predicted molar refractivity (Wildman–Crippen MR) is 120 cm³/mol. The topological polar surface area (TPSA) is 107 Å². The molecule has 0 aromatic carbocycles. The van der Waals surface area contributed by atoms with Gasteiger partial charge in [0.15, 0.2) is 11.9 Å². The number of likely N-dealkylation sites (tertiary alicyclic amines) is 1. The number of fused-ring (bicyclic) bond motifs is 1. The average molecular weight is 426 g/mol. The van der Waals surface area contributed by atoms with E-state index < -0.39 is 6.29 Å². The first-order valence-corrected chi connectivity index (χ1v) is 10.8. The summed E-state index contributed by atoms with van der Waals surface area (Å²) in [6.07, 6.45) is 6.13. The van der Waals surface area contributed by atoms with Crippen LogP contribution in [0.25, 0.3) is 16.7 Å². The highest BCUT2D eigenvalue weighted by Gasteiger charge is 2.40. The number of pyridine rings is 1. The number of nitrogens with zero attached hydrogens (tertiary/aromatic N) is 4. The summed E-state index contributed by atoms with van der Waals surface area (Å²) in [7, 11) is 0. The molecule has 8 heteroatoms. The third-order valence-electron chi connectivity index (χ3n) is 6.50. The van der Waals surface area contributed by atoms with Crippen molar-refractivity contribution in [1.82, 2.24) is 19.9 Å². The summed E-state index contributed by atoms with van der Waals surface area (Å²) < 4.78 is 6.09. The van der Waals surface area contributed by atoms with Crippen molar-refractivity contribution in [3.05, 3.63) is 41.6 Å². The van der Waals surface area contributed by atoms with Crippen molar-refractivity contribution in [2.24, 2.45) is 10.9 Å². The molecule has 31 heavy (non-hydrogen) atoms. The maximum atomic E-state index is 9.38. The van der Waals surface area contributed by atoms with Gasteiger partial charge in [-0.25, -0.2) is 15.0 Å². The van der Waals surface area contributed by atoms with Gasteiger partial charge in [-0.15, -0.1) is 0 Å². The molecule has 2 saturated heterocycles. The van der Waals surface area contributed by atoms with E-state index in [1.807, 2.05) is 38.1 Å². The van der Waals surface area contributed by atoms with Gasteiger partial charge in [-0.2, -0.15) is 0 Å². The van der Waals surface area contributed by atoms with Gasteiger partial charge in [0, 0.05) is 24.7 Å². The minimum atomic E-state index is -1.29. The van der Waals surface area contributed by atoms with Crippen LogP contribution in [0.5, 0.6) is 0 Å². The van der Waals surface area contributed by atoms with E-state index in [9.17, 15) is 10.2 Å². The van der Waals surface area contributed by atoms with E-state index in [1.165, 1.54) is 0 Å². The van der Waals surface area contributed by atoms with Gasteiger partial charge in [-0.1, -0.05) is 6.08 Å². The molecule has 0 amide bonds. The molecular weight excluding hydrogens is 394 g/mol. The number of aromatic amines is 1. The number of rotatable bonds is 5. The zero-order chi connectivity index (χ0) is 22.0. The Morgan fingerprint density at radius 1 is 1.29 bits per heavy atom. The molecule has 1 spiro atoms. The Balaban J connectivity index is 1.41. The molecule has 0 bridgehead atoms. The zero-order valence-corrected chi connectivity index (χ0v) is 18.2. The number of aliphatic hydroxyl groups is 2. The molecule has 2 aromatic heterocycles. The molecule has 2 aliphatic rings. The van der Waals surface area contributed by atoms with Gasteiger partial charge in [-0.05, 0) is 70.0 Å². The van der Waals surface area contributed by atoms with Crippen LogP contribution in [0.1, 0.15) is 44.1 Å². The first kappa shape index (κ1) is 21.7. The summed E-state index contributed by atoms with van der Waals surface area (Å²) in [5.41, 5.74) is 3.43. The van der Waals surface area contributed by atoms with Crippen LogP contribution in [0, 0.1) is 12.8 Å². The summed E-state index contributed by atoms with van der Waals surface area (Å²) in [6.45, 7) is 9.79. The second-order valence-electron chi connectivity index (χ2n) is 8.64. The number of hydrogen-bond acceptors (Lipinski definition) is 7. The number of hydrogen-bond donors (Lipinski definition) is 3. The fraction of sp³-hybridized carbons (Fsp3) is 0.522. The maximum Gasteiger partial charge on any atom is 0.178 e. The van der Waals surface area contributed by atoms with Crippen molar-refractivity contribution in [1.29, 1.82) is 0 Å². The van der Waals surface area contributed by atoms with Crippen LogP contribution >= 0.6 is 0 Å². The summed E-state index contributed by atoms with van der Waals surface area (Å²) in [5.74, 6) is 1.44. The van der Waals surface area contributed by atoms with Crippen molar-refractivity contribution in [3.8, 4) is 0 Å². The molecule has 1 atom stereocenters. The molecule has 3 N–H and O–H groups in total. The molecule has 8 nitrogen and oxygen atoms in total. The Morgan fingerprint density at radius 3 is 2.71 bits per heavy atom. The Bertz CT molecular complexity index is 992. The van der Waals surface area contributed by atoms with Crippen LogP contribution in [0.4, 0.5) is 0 Å². The number of aromatic nitrogens is 3. The third-order valence-corrected chi connectivity index (χ3v) is 6.50. The van der Waals surface area contributed by atoms with Crippen molar-refractivity contribution < 1.29 is 14.9 Å². The van der Waals surface area contributed by atoms with Gasteiger partial charge < -0.3 is 24.8 Å². The first-order chi connectivity index (χ1) is 14.9. The monoisotopic (exact) mass is 425 g/mol. The van der Waals surface area contributed by atoms with Gasteiger partial charge in [-0.3, -0.25) is 0 Å². The Labute approximate surface area is 182 Å². The normalized spacial score (nSPS) is 22.5. The number of piperidine rings is 1. The van der Waals surface area contributed by atoms with Crippen molar-refractivity contribution in [2.45, 2.75) is 51.4 Å². The van der Waals surface area contributed by atoms with Crippen molar-refractivity contribution in [3.63, 3.8) is 0 Å². The standard InChI is InChI=1S/C23H31N5O3/c1-15(20-26-18-6-5-16(2)25-21(18)27-20)4-7-19(24-3)28-12-10-23(11-13-28)9-8-17(14-31-23)22(29)30/h4-7,17,22,29-30H,3,8-14H2,1-2H3,(H,25,26,27)/b15-4+,19-7+. The zero-order valence-electron chi connectivity index (χ0n) is 18.2. The largest absolute Gasteiger partial charge is 0.374 e. The molecule has 2 fully saturated rings. The van der Waals surface area contributed by atoms with E-state index >= 15 is 0 Å². The van der Waals surface area contributed by atoms with Crippen LogP contribution in [0.3, 0.4) is 0 Å². The lowest BCUT2D eigenvalue weighted by Gasteiger charge is -2.46. The SMILES string of the molecule is C=N/C(=C\C=C(/C)c1nc2nc(C)ccc2[nH]1)N1CCC2(CCC(C(O)O)CO2)CC1. The van der Waals surface area contributed by atoms with E-state index in [2.05, 4.69) is 31.6 Å². The van der Waals surface area contributed by atoms with Gasteiger partial charge in [0.1, 0.15) is 11.6 Å². The van der Waals surface area contributed by atoms with Gasteiger partial charge in [0.2, 0.25) is 0 Å². The van der Waals surface area contributed by atoms with Gasteiger partial charge in [0.05, 0.1) is 17.7 Å². The summed E-state index contributed by atoms with van der Waals surface area (Å²) in [6, 6.07) is 3.96. The highest BCUT2D eigenvalue weighted by molar-refractivity contribution is 5.75. The Kier molecular flexibility index (Phi) is 6.22. The van der Waals surface area contributed by atoms with Crippen LogP contribution in [0.15, 0.2) is 35.1 Å². The lowest BCUT2D eigenvalue weighted by molar-refractivity contribution is -0.178. The maximum absolute atomic E-state index is 9.38. The van der Waals surface area contributed by atoms with E-state index in [0.29, 0.717) is 6.61 Å². The fourth-order valence-electron chi connectivity index (χ4n) is 4.37. The second kappa shape index (κ2) is 8.90. The molecule has 0 radical (unpaired) electrons. The molecule has 0 saturated carbocycles. The second-order valence-corrected chi connectivity index (χ2v) is 8.64. The molecule has 166 valence electrons. The van der Waals surface area contributed by atoms with Crippen LogP contribution < -0.4 is 0 Å². The third kappa shape index (κ3) is 4.71. The van der Waals surface area contributed by atoms with Crippen LogP contribution in [0.2, 0.25) is 0 Å². The molecule has 1 unspecified atom stereocenters. The van der Waals surface area contributed by atoms with Gasteiger partial charge in [0.25, 0.3) is 0 Å². The number of allylic oxidation sites excluding steroid dienone is 3. The number of H-pyrrole nitrogens is 1. The molecule has 4 rings (SSSR count). The molecule has 2 aromatic rings.